The Morgan fingerprint density at radius 2 is 1.72 bits per heavy atom. The molecule has 1 aliphatic heterocycles. The van der Waals surface area contributed by atoms with Crippen LogP contribution in [0.5, 0.6) is 0 Å². The van der Waals surface area contributed by atoms with Gasteiger partial charge in [-0.25, -0.2) is 13.1 Å². The number of sulfonamides is 1. The topological polar surface area (TPSA) is 82.0 Å². The van der Waals surface area contributed by atoms with Crippen molar-refractivity contribution in [2.45, 2.75) is 49.5 Å². The predicted octanol–water partition coefficient (Wildman–Crippen LogP) is 3.93. The summed E-state index contributed by atoms with van der Waals surface area (Å²) in [7, 11) is -3.14. The molecule has 0 radical (unpaired) electrons. The SMILES string of the molecule is CN1CC(S(=O)(=O)NC2CCc3cc(Cc4cc(CO)cc(C(F)(F)F)c4)ccc32)C(C(F)(F)F)=N1. The Hall–Kier alpha value is -2.64. The highest BCUT2D eigenvalue weighted by Gasteiger charge is 2.50. The Bertz CT molecular complexity index is 1290. The first-order chi connectivity index (χ1) is 16.7. The Kier molecular flexibility index (Phi) is 6.86. The van der Waals surface area contributed by atoms with Crippen LogP contribution in [0.1, 0.15) is 45.8 Å². The van der Waals surface area contributed by atoms with E-state index in [4.69, 9.17) is 0 Å². The molecule has 2 aromatic carbocycles. The molecule has 2 unspecified atom stereocenters. The molecule has 0 spiro atoms. The normalized spacial score (nSPS) is 20.6. The van der Waals surface area contributed by atoms with Gasteiger partial charge >= 0.3 is 12.4 Å². The Morgan fingerprint density at radius 1 is 1.03 bits per heavy atom. The van der Waals surface area contributed by atoms with Gasteiger partial charge in [-0.1, -0.05) is 24.3 Å². The quantitative estimate of drug-likeness (QED) is 0.550. The van der Waals surface area contributed by atoms with E-state index in [1.807, 2.05) is 0 Å². The van der Waals surface area contributed by atoms with Gasteiger partial charge < -0.3 is 5.11 Å². The maximum Gasteiger partial charge on any atom is 0.432 e. The summed E-state index contributed by atoms with van der Waals surface area (Å²) in [6.45, 7) is -0.962. The van der Waals surface area contributed by atoms with E-state index in [1.165, 1.54) is 13.1 Å². The zero-order chi connectivity index (χ0) is 26.5. The number of aryl methyl sites for hydroxylation is 1. The number of rotatable bonds is 6. The van der Waals surface area contributed by atoms with E-state index in [0.29, 0.717) is 29.5 Å². The van der Waals surface area contributed by atoms with E-state index in [-0.39, 0.29) is 12.0 Å². The summed E-state index contributed by atoms with van der Waals surface area (Å²) in [5.74, 6) is 0. The predicted molar refractivity (Wildman–Crippen MR) is 120 cm³/mol. The van der Waals surface area contributed by atoms with Gasteiger partial charge in [0.2, 0.25) is 10.0 Å². The Balaban J connectivity index is 1.53. The lowest BCUT2D eigenvalue weighted by atomic mass is 9.97. The average Bonchev–Trinajstić information content (AvgIpc) is 3.36. The van der Waals surface area contributed by atoms with Gasteiger partial charge in [-0.05, 0) is 59.2 Å². The summed E-state index contributed by atoms with van der Waals surface area (Å²) in [6, 6.07) is 7.71. The second kappa shape index (κ2) is 9.34. The standard InChI is InChI=1S/C23H23F6N3O3S/c1-32-11-20(21(30-32)23(27,28)29)36(34,35)31-19-5-3-16-8-13(2-4-18(16)19)6-14-7-15(12-33)10-17(9-14)22(24,25)26/h2,4,7-10,19-20,31,33H,3,5-6,11-12H2,1H3. The number of hydrazone groups is 1. The molecule has 2 atom stereocenters. The molecule has 196 valence electrons. The average molecular weight is 536 g/mol. The number of alkyl halides is 6. The van der Waals surface area contributed by atoms with Crippen LogP contribution in [0.2, 0.25) is 0 Å². The summed E-state index contributed by atoms with van der Waals surface area (Å²) >= 11 is 0. The Morgan fingerprint density at radius 3 is 2.36 bits per heavy atom. The summed E-state index contributed by atoms with van der Waals surface area (Å²) < 4.78 is 108. The summed E-state index contributed by atoms with van der Waals surface area (Å²) in [5.41, 5.74) is 0.322. The second-order valence-electron chi connectivity index (χ2n) is 8.97. The number of hydrogen-bond donors (Lipinski definition) is 2. The van der Waals surface area contributed by atoms with Crippen molar-refractivity contribution in [1.29, 1.82) is 0 Å². The number of halogens is 6. The highest BCUT2D eigenvalue weighted by atomic mass is 32.2. The van der Waals surface area contributed by atoms with Gasteiger partial charge in [0.1, 0.15) is 5.25 Å². The number of fused-ring (bicyclic) bond motifs is 1. The van der Waals surface area contributed by atoms with Crippen LogP contribution in [0.3, 0.4) is 0 Å². The van der Waals surface area contributed by atoms with Gasteiger partial charge in [-0.2, -0.15) is 31.4 Å². The third kappa shape index (κ3) is 5.52. The van der Waals surface area contributed by atoms with Crippen LogP contribution < -0.4 is 4.72 Å². The molecule has 0 saturated heterocycles. The van der Waals surface area contributed by atoms with E-state index in [2.05, 4.69) is 9.82 Å². The monoisotopic (exact) mass is 535 g/mol. The van der Waals surface area contributed by atoms with Gasteiger partial charge in [0, 0.05) is 13.1 Å². The van der Waals surface area contributed by atoms with Crippen LogP contribution in [-0.4, -0.2) is 49.3 Å². The van der Waals surface area contributed by atoms with E-state index < -0.39 is 58.1 Å². The highest BCUT2D eigenvalue weighted by molar-refractivity contribution is 7.91. The minimum atomic E-state index is -4.88. The van der Waals surface area contributed by atoms with Gasteiger partial charge in [-0.15, -0.1) is 0 Å². The van der Waals surface area contributed by atoms with Gasteiger partial charge in [0.05, 0.1) is 18.7 Å². The van der Waals surface area contributed by atoms with Crippen molar-refractivity contribution in [3.63, 3.8) is 0 Å². The molecule has 0 aromatic heterocycles. The lowest BCUT2D eigenvalue weighted by molar-refractivity contribution is -0.137. The van der Waals surface area contributed by atoms with E-state index in [9.17, 15) is 39.9 Å². The number of nitrogens with zero attached hydrogens (tertiary/aromatic N) is 2. The maximum absolute atomic E-state index is 13.3. The Labute approximate surface area is 203 Å². The molecule has 0 saturated carbocycles. The maximum atomic E-state index is 13.3. The van der Waals surface area contributed by atoms with Crippen molar-refractivity contribution in [2.75, 3.05) is 13.6 Å². The molecular formula is C23H23F6N3O3S. The summed E-state index contributed by atoms with van der Waals surface area (Å²) in [4.78, 5) is 0. The molecule has 2 aromatic rings. The number of aliphatic hydroxyl groups is 1. The summed E-state index contributed by atoms with van der Waals surface area (Å²) in [6.07, 6.45) is -8.51. The van der Waals surface area contributed by atoms with Gasteiger partial charge in [0.25, 0.3) is 0 Å². The molecule has 1 heterocycles. The van der Waals surface area contributed by atoms with Crippen LogP contribution in [-0.2, 0) is 35.6 Å². The lowest BCUT2D eigenvalue weighted by Crippen LogP contribution is -2.46. The highest BCUT2D eigenvalue weighted by Crippen LogP contribution is 2.35. The summed E-state index contributed by atoms with van der Waals surface area (Å²) in [5, 5.41) is 11.7. The van der Waals surface area contributed by atoms with Crippen LogP contribution >= 0.6 is 0 Å². The van der Waals surface area contributed by atoms with Crippen LogP contribution in [0.4, 0.5) is 26.3 Å². The molecule has 1 aliphatic carbocycles. The van der Waals surface area contributed by atoms with Crippen molar-refractivity contribution in [3.05, 3.63) is 69.8 Å². The van der Waals surface area contributed by atoms with Crippen LogP contribution in [0.15, 0.2) is 41.5 Å². The molecule has 0 bridgehead atoms. The first-order valence-corrected chi connectivity index (χ1v) is 12.5. The van der Waals surface area contributed by atoms with Crippen LogP contribution in [0, 0.1) is 0 Å². The first kappa shape index (κ1) is 26.4. The minimum absolute atomic E-state index is 0.134. The number of aliphatic hydroxyl groups excluding tert-OH is 1. The van der Waals surface area contributed by atoms with Gasteiger partial charge in [0.15, 0.2) is 5.71 Å². The van der Waals surface area contributed by atoms with E-state index >= 15 is 0 Å². The molecule has 0 fully saturated rings. The minimum Gasteiger partial charge on any atom is -0.392 e. The molecule has 6 nitrogen and oxygen atoms in total. The zero-order valence-corrected chi connectivity index (χ0v) is 19.8. The second-order valence-corrected chi connectivity index (χ2v) is 10.9. The van der Waals surface area contributed by atoms with Crippen molar-refractivity contribution in [3.8, 4) is 0 Å². The largest absolute Gasteiger partial charge is 0.432 e. The van der Waals surface area contributed by atoms with Crippen molar-refractivity contribution < 1.29 is 39.9 Å². The van der Waals surface area contributed by atoms with Gasteiger partial charge in [-0.3, -0.25) is 5.01 Å². The molecule has 2 aliphatic rings. The van der Waals surface area contributed by atoms with Crippen molar-refractivity contribution >= 4 is 15.7 Å². The molecule has 4 rings (SSSR count). The molecule has 13 heteroatoms. The molecule has 36 heavy (non-hydrogen) atoms. The fraction of sp³-hybridized carbons (Fsp3) is 0.435. The molecule has 2 N–H and O–H groups in total. The third-order valence-electron chi connectivity index (χ3n) is 6.24. The molecule has 0 amide bonds. The van der Waals surface area contributed by atoms with Crippen molar-refractivity contribution in [1.82, 2.24) is 9.73 Å². The molecular weight excluding hydrogens is 512 g/mol. The smallest absolute Gasteiger partial charge is 0.392 e. The number of hydrogen-bond acceptors (Lipinski definition) is 5. The zero-order valence-electron chi connectivity index (χ0n) is 19.0. The fourth-order valence-electron chi connectivity index (χ4n) is 4.64. The third-order valence-corrected chi connectivity index (χ3v) is 7.98. The van der Waals surface area contributed by atoms with Crippen molar-refractivity contribution in [2.24, 2.45) is 5.10 Å². The fourth-order valence-corrected chi connectivity index (χ4v) is 6.33. The lowest BCUT2D eigenvalue weighted by Gasteiger charge is -2.20. The number of nitrogens with one attached hydrogen (secondary N) is 1. The van der Waals surface area contributed by atoms with E-state index in [0.717, 1.165) is 22.7 Å². The number of benzene rings is 2. The van der Waals surface area contributed by atoms with Crippen LogP contribution in [0.25, 0.3) is 0 Å². The first-order valence-electron chi connectivity index (χ1n) is 11.0. The van der Waals surface area contributed by atoms with E-state index in [1.54, 1.807) is 18.2 Å².